The predicted molar refractivity (Wildman–Crippen MR) is 74.4 cm³/mol. The van der Waals surface area contributed by atoms with Gasteiger partial charge in [-0.05, 0) is 47.1 Å². The summed E-state index contributed by atoms with van der Waals surface area (Å²) >= 11 is 0. The van der Waals surface area contributed by atoms with Gasteiger partial charge in [0.2, 0.25) is 5.91 Å². The molecule has 0 radical (unpaired) electrons. The molecule has 0 saturated carbocycles. The van der Waals surface area contributed by atoms with Gasteiger partial charge in [-0.15, -0.1) is 0 Å². The lowest BCUT2D eigenvalue weighted by molar-refractivity contribution is -0.124. The smallest absolute Gasteiger partial charge is 0.237 e. The highest BCUT2D eigenvalue weighted by Crippen LogP contribution is 2.02. The second-order valence-electron chi connectivity index (χ2n) is 5.71. The summed E-state index contributed by atoms with van der Waals surface area (Å²) in [7, 11) is 1.66. The maximum absolute atomic E-state index is 11.9. The summed E-state index contributed by atoms with van der Waals surface area (Å²) in [6, 6.07) is -0.0681. The standard InChI is InChI=1S/C13H29N3O2/c1-10(12(17)16-13(2,3)4)15-11(9-18-5)7-6-8-14/h10-11,15H,6-9,14H2,1-5H3,(H,16,17). The van der Waals surface area contributed by atoms with Crippen LogP contribution in [0, 0.1) is 0 Å². The average molecular weight is 259 g/mol. The zero-order valence-electron chi connectivity index (χ0n) is 12.4. The maximum atomic E-state index is 11.9. The molecule has 0 aromatic carbocycles. The fourth-order valence-corrected chi connectivity index (χ4v) is 1.69. The summed E-state index contributed by atoms with van der Waals surface area (Å²) in [6.07, 6.45) is 1.84. The first-order chi connectivity index (χ1) is 8.30. The van der Waals surface area contributed by atoms with Crippen molar-refractivity contribution in [3.05, 3.63) is 0 Å². The van der Waals surface area contributed by atoms with E-state index in [9.17, 15) is 4.79 Å². The van der Waals surface area contributed by atoms with Crippen LogP contribution in [0.15, 0.2) is 0 Å². The van der Waals surface area contributed by atoms with E-state index in [0.29, 0.717) is 13.2 Å². The monoisotopic (exact) mass is 259 g/mol. The Hall–Kier alpha value is -0.650. The zero-order valence-corrected chi connectivity index (χ0v) is 12.4. The molecule has 0 aliphatic carbocycles. The van der Waals surface area contributed by atoms with E-state index in [0.717, 1.165) is 12.8 Å². The van der Waals surface area contributed by atoms with Gasteiger partial charge in [0.05, 0.1) is 12.6 Å². The second-order valence-corrected chi connectivity index (χ2v) is 5.71. The van der Waals surface area contributed by atoms with E-state index in [1.165, 1.54) is 0 Å². The van der Waals surface area contributed by atoms with Crippen LogP contribution in [0.25, 0.3) is 0 Å². The average Bonchev–Trinajstić information content (AvgIpc) is 2.23. The van der Waals surface area contributed by atoms with Gasteiger partial charge in [0.15, 0.2) is 0 Å². The number of ether oxygens (including phenoxy) is 1. The Kier molecular flexibility index (Phi) is 8.15. The van der Waals surface area contributed by atoms with Crippen LogP contribution in [0.5, 0.6) is 0 Å². The molecule has 0 aromatic rings. The minimum absolute atomic E-state index is 0.0105. The molecular weight excluding hydrogens is 230 g/mol. The number of rotatable bonds is 8. The summed E-state index contributed by atoms with van der Waals surface area (Å²) in [6.45, 7) is 9.03. The molecular formula is C13H29N3O2. The fraction of sp³-hybridized carbons (Fsp3) is 0.923. The number of nitrogens with one attached hydrogen (secondary N) is 2. The van der Waals surface area contributed by atoms with Gasteiger partial charge in [0, 0.05) is 18.7 Å². The number of methoxy groups -OCH3 is 1. The van der Waals surface area contributed by atoms with E-state index < -0.39 is 0 Å². The van der Waals surface area contributed by atoms with Crippen LogP contribution < -0.4 is 16.4 Å². The molecule has 0 fully saturated rings. The largest absolute Gasteiger partial charge is 0.383 e. The Morgan fingerprint density at radius 3 is 2.44 bits per heavy atom. The van der Waals surface area contributed by atoms with Gasteiger partial charge < -0.3 is 21.1 Å². The van der Waals surface area contributed by atoms with Gasteiger partial charge in [0.25, 0.3) is 0 Å². The molecule has 0 aliphatic heterocycles. The highest BCUT2D eigenvalue weighted by Gasteiger charge is 2.21. The first-order valence-electron chi connectivity index (χ1n) is 6.57. The van der Waals surface area contributed by atoms with Crippen LogP contribution in [-0.2, 0) is 9.53 Å². The Balaban J connectivity index is 4.22. The lowest BCUT2D eigenvalue weighted by Gasteiger charge is -2.26. The van der Waals surface area contributed by atoms with E-state index in [1.807, 2.05) is 27.7 Å². The SMILES string of the molecule is COCC(CCCN)NC(C)C(=O)NC(C)(C)C. The van der Waals surface area contributed by atoms with E-state index in [1.54, 1.807) is 7.11 Å². The summed E-state index contributed by atoms with van der Waals surface area (Å²) in [4.78, 5) is 11.9. The number of nitrogens with two attached hydrogens (primary N) is 1. The predicted octanol–water partition coefficient (Wildman–Crippen LogP) is 0.633. The number of hydrogen-bond acceptors (Lipinski definition) is 4. The van der Waals surface area contributed by atoms with Crippen molar-refractivity contribution in [3.8, 4) is 0 Å². The third-order valence-electron chi connectivity index (χ3n) is 2.50. The van der Waals surface area contributed by atoms with Crippen LogP contribution in [0.4, 0.5) is 0 Å². The molecule has 0 bridgehead atoms. The van der Waals surface area contributed by atoms with Crippen LogP contribution in [0.1, 0.15) is 40.5 Å². The third kappa shape index (κ3) is 8.44. The molecule has 108 valence electrons. The molecule has 1 amide bonds. The molecule has 0 aromatic heterocycles. The summed E-state index contributed by atoms with van der Waals surface area (Å²) < 4.78 is 5.15. The van der Waals surface area contributed by atoms with E-state index in [4.69, 9.17) is 10.5 Å². The van der Waals surface area contributed by atoms with Crippen molar-refractivity contribution in [2.75, 3.05) is 20.3 Å². The molecule has 5 heteroatoms. The van der Waals surface area contributed by atoms with Gasteiger partial charge >= 0.3 is 0 Å². The van der Waals surface area contributed by atoms with Crippen molar-refractivity contribution in [2.24, 2.45) is 5.73 Å². The molecule has 4 N–H and O–H groups in total. The zero-order chi connectivity index (χ0) is 14.2. The minimum atomic E-state index is -0.234. The Bertz CT molecular complexity index is 239. The second kappa shape index (κ2) is 8.45. The van der Waals surface area contributed by atoms with Gasteiger partial charge in [-0.2, -0.15) is 0 Å². The van der Waals surface area contributed by atoms with Crippen molar-refractivity contribution in [1.29, 1.82) is 0 Å². The molecule has 0 rings (SSSR count). The number of hydrogen-bond donors (Lipinski definition) is 3. The highest BCUT2D eigenvalue weighted by atomic mass is 16.5. The number of carbonyl (C=O) groups is 1. The van der Waals surface area contributed by atoms with Crippen LogP contribution in [0.3, 0.4) is 0 Å². The third-order valence-corrected chi connectivity index (χ3v) is 2.50. The molecule has 5 nitrogen and oxygen atoms in total. The van der Waals surface area contributed by atoms with Gasteiger partial charge in [-0.25, -0.2) is 0 Å². The van der Waals surface area contributed by atoms with Gasteiger partial charge in [-0.1, -0.05) is 0 Å². The Labute approximate surface area is 111 Å². The van der Waals surface area contributed by atoms with Crippen molar-refractivity contribution in [2.45, 2.75) is 58.2 Å². The molecule has 2 unspecified atom stereocenters. The maximum Gasteiger partial charge on any atom is 0.237 e. The fourth-order valence-electron chi connectivity index (χ4n) is 1.69. The van der Waals surface area contributed by atoms with E-state index >= 15 is 0 Å². The molecule has 0 saturated heterocycles. The summed E-state index contributed by atoms with van der Waals surface area (Å²) in [5.41, 5.74) is 5.29. The van der Waals surface area contributed by atoms with Crippen LogP contribution in [-0.4, -0.2) is 43.8 Å². The first-order valence-corrected chi connectivity index (χ1v) is 6.57. The topological polar surface area (TPSA) is 76.4 Å². The van der Waals surface area contributed by atoms with Crippen LogP contribution >= 0.6 is 0 Å². The quantitative estimate of drug-likeness (QED) is 0.598. The Morgan fingerprint density at radius 1 is 1.39 bits per heavy atom. The van der Waals surface area contributed by atoms with E-state index in [2.05, 4.69) is 10.6 Å². The summed E-state index contributed by atoms with van der Waals surface area (Å²) in [5.74, 6) is 0.0105. The van der Waals surface area contributed by atoms with Gasteiger partial charge in [0.1, 0.15) is 0 Å². The molecule has 18 heavy (non-hydrogen) atoms. The normalized spacial score (nSPS) is 15.2. The lowest BCUT2D eigenvalue weighted by atomic mass is 10.1. The molecule has 0 aliphatic rings. The number of amides is 1. The van der Waals surface area contributed by atoms with Crippen molar-refractivity contribution >= 4 is 5.91 Å². The van der Waals surface area contributed by atoms with Gasteiger partial charge in [-0.3, -0.25) is 4.79 Å². The van der Waals surface area contributed by atoms with E-state index in [-0.39, 0.29) is 23.5 Å². The molecule has 0 spiro atoms. The molecule has 2 atom stereocenters. The van der Waals surface area contributed by atoms with Crippen molar-refractivity contribution in [3.63, 3.8) is 0 Å². The first kappa shape index (κ1) is 17.4. The number of carbonyl (C=O) groups excluding carboxylic acids is 1. The molecule has 0 heterocycles. The lowest BCUT2D eigenvalue weighted by Crippen LogP contribution is -2.52. The van der Waals surface area contributed by atoms with Crippen molar-refractivity contribution < 1.29 is 9.53 Å². The minimum Gasteiger partial charge on any atom is -0.383 e. The highest BCUT2D eigenvalue weighted by molar-refractivity contribution is 5.81. The van der Waals surface area contributed by atoms with Crippen molar-refractivity contribution in [1.82, 2.24) is 10.6 Å². The summed E-state index contributed by atoms with van der Waals surface area (Å²) in [5, 5.41) is 6.24. The Morgan fingerprint density at radius 2 is 2.00 bits per heavy atom. The van der Waals surface area contributed by atoms with Crippen LogP contribution in [0.2, 0.25) is 0 Å².